The quantitative estimate of drug-likeness (QED) is 0.874. The average Bonchev–Trinajstić information content (AvgIpc) is 3.22. The summed E-state index contributed by atoms with van der Waals surface area (Å²) in [5.41, 5.74) is 8.38. The van der Waals surface area contributed by atoms with Gasteiger partial charge in [-0.05, 0) is 62.1 Å². The molecule has 0 radical (unpaired) electrons. The fourth-order valence-electron chi connectivity index (χ4n) is 3.95. The Kier molecular flexibility index (Phi) is 3.78. The molecule has 1 amide bonds. The topological polar surface area (TPSA) is 55.1 Å². The Morgan fingerprint density at radius 3 is 2.90 bits per heavy atom. The van der Waals surface area contributed by atoms with Crippen molar-refractivity contribution in [3.8, 4) is 0 Å². The van der Waals surface area contributed by atoms with Crippen LogP contribution in [0.25, 0.3) is 0 Å². The van der Waals surface area contributed by atoms with E-state index in [1.165, 1.54) is 11.1 Å². The fourth-order valence-corrected chi connectivity index (χ4v) is 3.95. The Balaban J connectivity index is 1.72. The van der Waals surface area contributed by atoms with E-state index in [1.54, 1.807) is 0 Å². The molecule has 0 bridgehead atoms. The van der Waals surface area contributed by atoms with Gasteiger partial charge < -0.3 is 11.1 Å². The van der Waals surface area contributed by atoms with Crippen LogP contribution in [0, 0.1) is 11.8 Å². The smallest absolute Gasteiger partial charge is 0.224 e. The summed E-state index contributed by atoms with van der Waals surface area (Å²) in [7, 11) is 0. The molecule has 3 N–H and O–H groups in total. The number of nitrogens with two attached hydrogens (primary N) is 1. The number of hydrogen-bond donors (Lipinski definition) is 2. The van der Waals surface area contributed by atoms with Crippen molar-refractivity contribution in [1.82, 2.24) is 5.32 Å². The van der Waals surface area contributed by atoms with E-state index in [-0.39, 0.29) is 17.4 Å². The van der Waals surface area contributed by atoms with E-state index < -0.39 is 0 Å². The van der Waals surface area contributed by atoms with E-state index in [9.17, 15) is 4.79 Å². The van der Waals surface area contributed by atoms with Crippen molar-refractivity contribution in [3.63, 3.8) is 0 Å². The first-order chi connectivity index (χ1) is 10.1. The molecule has 3 rings (SSSR count). The molecule has 4 unspecified atom stereocenters. The number of amides is 1. The predicted molar refractivity (Wildman–Crippen MR) is 85.0 cm³/mol. The number of fused-ring (bicyclic) bond motifs is 3. The minimum atomic E-state index is -0.156. The van der Waals surface area contributed by atoms with Gasteiger partial charge in [-0.15, -0.1) is 0 Å². The van der Waals surface area contributed by atoms with Gasteiger partial charge in [-0.3, -0.25) is 4.79 Å². The summed E-state index contributed by atoms with van der Waals surface area (Å²) >= 11 is 0. The molecule has 21 heavy (non-hydrogen) atoms. The van der Waals surface area contributed by atoms with Crippen molar-refractivity contribution < 1.29 is 4.79 Å². The second-order valence-electron chi connectivity index (χ2n) is 6.90. The van der Waals surface area contributed by atoms with Crippen LogP contribution in [-0.4, -0.2) is 18.0 Å². The van der Waals surface area contributed by atoms with Gasteiger partial charge in [0.2, 0.25) is 5.91 Å². The first-order valence-electron chi connectivity index (χ1n) is 8.19. The predicted octanol–water partition coefficient (Wildman–Crippen LogP) is 2.60. The lowest BCUT2D eigenvalue weighted by atomic mass is 9.92. The van der Waals surface area contributed by atoms with Gasteiger partial charge in [0.1, 0.15) is 0 Å². The third-order valence-electron chi connectivity index (χ3n) is 5.53. The van der Waals surface area contributed by atoms with Gasteiger partial charge in [0.05, 0.1) is 0 Å². The van der Waals surface area contributed by atoms with Crippen LogP contribution in [0.15, 0.2) is 24.3 Å². The standard InChI is InChI=1S/C18H26N2O/c1-3-18(2,10-11-19)20-17(21)16-14-9-8-12-6-4-5-7-13(12)15(14)16/h4-7,14-16H,3,8-11,19H2,1-2H3,(H,20,21). The van der Waals surface area contributed by atoms with Gasteiger partial charge in [0.25, 0.3) is 0 Å². The van der Waals surface area contributed by atoms with Gasteiger partial charge in [-0.1, -0.05) is 31.2 Å². The van der Waals surface area contributed by atoms with Gasteiger partial charge in [-0.2, -0.15) is 0 Å². The van der Waals surface area contributed by atoms with E-state index in [0.717, 1.165) is 25.7 Å². The summed E-state index contributed by atoms with van der Waals surface area (Å²) in [6.07, 6.45) is 4.04. The summed E-state index contributed by atoms with van der Waals surface area (Å²) in [5.74, 6) is 1.42. The van der Waals surface area contributed by atoms with Gasteiger partial charge in [0, 0.05) is 11.5 Å². The van der Waals surface area contributed by atoms with Crippen molar-refractivity contribution in [3.05, 3.63) is 35.4 Å². The second kappa shape index (κ2) is 5.45. The van der Waals surface area contributed by atoms with Crippen LogP contribution in [0.2, 0.25) is 0 Å². The Labute approximate surface area is 127 Å². The van der Waals surface area contributed by atoms with Crippen LogP contribution in [0.1, 0.15) is 50.2 Å². The zero-order valence-electron chi connectivity index (χ0n) is 13.1. The molecule has 1 saturated carbocycles. The minimum Gasteiger partial charge on any atom is -0.351 e. The molecule has 114 valence electrons. The number of hydrogen-bond acceptors (Lipinski definition) is 2. The highest BCUT2D eigenvalue weighted by molar-refractivity contribution is 5.84. The van der Waals surface area contributed by atoms with Crippen molar-refractivity contribution in [2.24, 2.45) is 17.6 Å². The summed E-state index contributed by atoms with van der Waals surface area (Å²) in [4.78, 5) is 12.7. The first-order valence-corrected chi connectivity index (χ1v) is 8.19. The van der Waals surface area contributed by atoms with Gasteiger partial charge in [0.15, 0.2) is 0 Å². The number of nitrogens with one attached hydrogen (secondary N) is 1. The molecule has 1 aromatic rings. The number of benzene rings is 1. The molecule has 0 spiro atoms. The maximum absolute atomic E-state index is 12.7. The van der Waals surface area contributed by atoms with Crippen LogP contribution in [-0.2, 0) is 11.2 Å². The van der Waals surface area contributed by atoms with E-state index >= 15 is 0 Å². The Hall–Kier alpha value is -1.35. The van der Waals surface area contributed by atoms with Crippen molar-refractivity contribution in [1.29, 1.82) is 0 Å². The van der Waals surface area contributed by atoms with Crippen LogP contribution in [0.4, 0.5) is 0 Å². The molecular formula is C18H26N2O. The molecule has 4 atom stereocenters. The van der Waals surface area contributed by atoms with Crippen molar-refractivity contribution in [2.45, 2.75) is 51.0 Å². The highest BCUT2D eigenvalue weighted by Gasteiger charge is 2.57. The Morgan fingerprint density at radius 2 is 2.19 bits per heavy atom. The second-order valence-corrected chi connectivity index (χ2v) is 6.90. The number of aryl methyl sites for hydroxylation is 1. The van der Waals surface area contributed by atoms with Crippen LogP contribution >= 0.6 is 0 Å². The lowest BCUT2D eigenvalue weighted by Crippen LogP contribution is -2.47. The summed E-state index contributed by atoms with van der Waals surface area (Å²) in [6, 6.07) is 8.62. The Bertz CT molecular complexity index is 542. The molecule has 0 saturated heterocycles. The first kappa shape index (κ1) is 14.6. The van der Waals surface area contributed by atoms with Crippen LogP contribution in [0.3, 0.4) is 0 Å². The number of carbonyl (C=O) groups is 1. The molecule has 2 aliphatic carbocycles. The van der Waals surface area contributed by atoms with E-state index in [1.807, 2.05) is 0 Å². The molecule has 0 heterocycles. The number of carbonyl (C=O) groups excluding carboxylic acids is 1. The maximum Gasteiger partial charge on any atom is 0.224 e. The largest absolute Gasteiger partial charge is 0.351 e. The van der Waals surface area contributed by atoms with Crippen LogP contribution < -0.4 is 11.1 Å². The lowest BCUT2D eigenvalue weighted by molar-refractivity contribution is -0.124. The van der Waals surface area contributed by atoms with Crippen LogP contribution in [0.5, 0.6) is 0 Å². The van der Waals surface area contributed by atoms with Gasteiger partial charge >= 0.3 is 0 Å². The summed E-state index contributed by atoms with van der Waals surface area (Å²) in [5, 5.41) is 3.27. The number of rotatable bonds is 5. The van der Waals surface area contributed by atoms with E-state index in [0.29, 0.717) is 18.4 Å². The molecule has 3 nitrogen and oxygen atoms in total. The van der Waals surface area contributed by atoms with Crippen molar-refractivity contribution >= 4 is 5.91 Å². The molecule has 1 fully saturated rings. The molecule has 0 aliphatic heterocycles. The normalized spacial score (nSPS) is 29.0. The monoisotopic (exact) mass is 286 g/mol. The summed E-state index contributed by atoms with van der Waals surface area (Å²) in [6.45, 7) is 4.84. The zero-order chi connectivity index (χ0) is 15.0. The zero-order valence-corrected chi connectivity index (χ0v) is 13.1. The molecule has 3 heteroatoms. The third-order valence-corrected chi connectivity index (χ3v) is 5.53. The average molecular weight is 286 g/mol. The molecule has 1 aromatic carbocycles. The molecule has 0 aromatic heterocycles. The van der Waals surface area contributed by atoms with Crippen molar-refractivity contribution in [2.75, 3.05) is 6.54 Å². The highest BCUT2D eigenvalue weighted by Crippen LogP contribution is 2.59. The van der Waals surface area contributed by atoms with E-state index in [2.05, 4.69) is 43.4 Å². The molecule has 2 aliphatic rings. The van der Waals surface area contributed by atoms with Gasteiger partial charge in [-0.25, -0.2) is 0 Å². The third kappa shape index (κ3) is 2.59. The SMILES string of the molecule is CCC(C)(CCN)NC(=O)C1C2CCc3ccccc3C21. The van der Waals surface area contributed by atoms with E-state index in [4.69, 9.17) is 5.73 Å². The highest BCUT2D eigenvalue weighted by atomic mass is 16.2. The lowest BCUT2D eigenvalue weighted by Gasteiger charge is -2.29. The fraction of sp³-hybridized carbons (Fsp3) is 0.611. The molecular weight excluding hydrogens is 260 g/mol. The minimum absolute atomic E-state index is 0.156. The maximum atomic E-state index is 12.7. The summed E-state index contributed by atoms with van der Waals surface area (Å²) < 4.78 is 0. The Morgan fingerprint density at radius 1 is 1.43 bits per heavy atom.